The highest BCUT2D eigenvalue weighted by atomic mass is 15.1. The van der Waals surface area contributed by atoms with Crippen LogP contribution in [0.2, 0.25) is 0 Å². The molecular weight excluding hydrogens is 136 g/mol. The van der Waals surface area contributed by atoms with Crippen LogP contribution in [0.5, 0.6) is 0 Å². The second-order valence-corrected chi connectivity index (χ2v) is 2.99. The molecule has 0 amide bonds. The van der Waals surface area contributed by atoms with Crippen molar-refractivity contribution in [3.05, 3.63) is 23.5 Å². The van der Waals surface area contributed by atoms with Crippen molar-refractivity contribution in [1.82, 2.24) is 10.2 Å². The van der Waals surface area contributed by atoms with Crippen LogP contribution in [0.1, 0.15) is 13.8 Å². The van der Waals surface area contributed by atoms with E-state index in [0.29, 0.717) is 0 Å². The molecule has 0 atom stereocenters. The molecule has 0 aliphatic carbocycles. The second kappa shape index (κ2) is 3.46. The van der Waals surface area contributed by atoms with Gasteiger partial charge in [0.2, 0.25) is 0 Å². The Hall–Kier alpha value is -0.920. The molecule has 0 unspecified atom stereocenters. The zero-order valence-corrected chi connectivity index (χ0v) is 7.52. The molecule has 1 rings (SSSR count). The molecule has 1 N–H and O–H groups in total. The molecule has 2 nitrogen and oxygen atoms in total. The molecule has 2 heteroatoms. The maximum absolute atomic E-state index is 3.32. The van der Waals surface area contributed by atoms with Gasteiger partial charge in [-0.3, -0.25) is 0 Å². The van der Waals surface area contributed by atoms with Gasteiger partial charge in [-0.1, -0.05) is 0 Å². The van der Waals surface area contributed by atoms with Crippen molar-refractivity contribution in [2.75, 3.05) is 20.1 Å². The van der Waals surface area contributed by atoms with Crippen molar-refractivity contribution in [2.45, 2.75) is 13.8 Å². The molecule has 0 spiro atoms. The van der Waals surface area contributed by atoms with Crippen molar-refractivity contribution in [1.29, 1.82) is 0 Å². The molecule has 0 aromatic heterocycles. The van der Waals surface area contributed by atoms with E-state index in [1.807, 2.05) is 0 Å². The molecule has 0 aromatic carbocycles. The lowest BCUT2D eigenvalue weighted by Gasteiger charge is -2.22. The number of allylic oxidation sites excluding steroid dienone is 2. The first kappa shape index (κ1) is 8.18. The lowest BCUT2D eigenvalue weighted by atomic mass is 10.2. The third-order valence-corrected chi connectivity index (χ3v) is 1.65. The lowest BCUT2D eigenvalue weighted by molar-refractivity contribution is 0.470. The smallest absolute Gasteiger partial charge is 0.0568 e. The summed E-state index contributed by atoms with van der Waals surface area (Å²) < 4.78 is 0. The Kier molecular flexibility index (Phi) is 2.58. The fourth-order valence-corrected chi connectivity index (χ4v) is 1.35. The molecule has 0 aromatic rings. The van der Waals surface area contributed by atoms with Gasteiger partial charge in [-0.15, -0.1) is 0 Å². The first-order valence-electron chi connectivity index (χ1n) is 4.05. The highest BCUT2D eigenvalue weighted by molar-refractivity contribution is 5.25. The van der Waals surface area contributed by atoms with E-state index in [1.165, 1.54) is 11.3 Å². The Morgan fingerprint density at radius 3 is 2.91 bits per heavy atom. The topological polar surface area (TPSA) is 15.3 Å². The predicted octanol–water partition coefficient (Wildman–Crippen LogP) is 1.33. The number of nitrogens with zero attached hydrogens (tertiary/aromatic N) is 1. The minimum absolute atomic E-state index is 1.01. The fourth-order valence-electron chi connectivity index (χ4n) is 1.35. The van der Waals surface area contributed by atoms with E-state index in [4.69, 9.17) is 0 Å². The van der Waals surface area contributed by atoms with Crippen LogP contribution in [0.25, 0.3) is 0 Å². The van der Waals surface area contributed by atoms with Gasteiger partial charge in [0.1, 0.15) is 0 Å². The summed E-state index contributed by atoms with van der Waals surface area (Å²) in [5, 5.41) is 3.32. The Morgan fingerprint density at radius 1 is 1.64 bits per heavy atom. The van der Waals surface area contributed by atoms with Crippen LogP contribution >= 0.6 is 0 Å². The van der Waals surface area contributed by atoms with Crippen LogP contribution < -0.4 is 5.32 Å². The van der Waals surface area contributed by atoms with E-state index in [1.54, 1.807) is 0 Å². The van der Waals surface area contributed by atoms with Gasteiger partial charge in [0.15, 0.2) is 0 Å². The Morgan fingerprint density at radius 2 is 2.36 bits per heavy atom. The Labute approximate surface area is 68.6 Å². The maximum atomic E-state index is 3.32. The highest BCUT2D eigenvalue weighted by Gasteiger charge is 2.04. The normalized spacial score (nSPS) is 17.5. The molecule has 0 radical (unpaired) electrons. The van der Waals surface area contributed by atoms with Crippen LogP contribution in [0, 0.1) is 0 Å². The minimum atomic E-state index is 1.01. The fraction of sp³-hybridized carbons (Fsp3) is 0.556. The molecule has 1 heterocycles. The zero-order valence-electron chi connectivity index (χ0n) is 7.52. The number of rotatable bonds is 2. The summed E-state index contributed by atoms with van der Waals surface area (Å²) in [6, 6.07) is 0. The third kappa shape index (κ3) is 2.30. The molecule has 0 saturated heterocycles. The highest BCUT2D eigenvalue weighted by Crippen LogP contribution is 2.08. The van der Waals surface area contributed by atoms with E-state index in [-0.39, 0.29) is 0 Å². The van der Waals surface area contributed by atoms with Crippen molar-refractivity contribution >= 4 is 0 Å². The van der Waals surface area contributed by atoms with E-state index in [9.17, 15) is 0 Å². The van der Waals surface area contributed by atoms with Crippen LogP contribution in [0.3, 0.4) is 0 Å². The molecule has 0 saturated carbocycles. The van der Waals surface area contributed by atoms with E-state index >= 15 is 0 Å². The van der Waals surface area contributed by atoms with Gasteiger partial charge in [0.05, 0.1) is 6.54 Å². The summed E-state index contributed by atoms with van der Waals surface area (Å²) >= 11 is 0. The van der Waals surface area contributed by atoms with Gasteiger partial charge < -0.3 is 10.2 Å². The SMILES string of the molecule is CCNC1=CC(C)=CN(C)C1. The quantitative estimate of drug-likeness (QED) is 0.642. The summed E-state index contributed by atoms with van der Waals surface area (Å²) in [5.41, 5.74) is 2.63. The predicted molar refractivity (Wildman–Crippen MR) is 48.1 cm³/mol. The van der Waals surface area contributed by atoms with Crippen molar-refractivity contribution in [3.8, 4) is 0 Å². The van der Waals surface area contributed by atoms with Crippen molar-refractivity contribution in [3.63, 3.8) is 0 Å². The average Bonchev–Trinajstić information content (AvgIpc) is 1.85. The maximum Gasteiger partial charge on any atom is 0.0568 e. The van der Waals surface area contributed by atoms with Crippen molar-refractivity contribution < 1.29 is 0 Å². The number of nitrogens with one attached hydrogen (secondary N) is 1. The summed E-state index contributed by atoms with van der Waals surface area (Å²) in [7, 11) is 2.09. The minimum Gasteiger partial charge on any atom is -0.387 e. The summed E-state index contributed by atoms with van der Waals surface area (Å²) in [5.74, 6) is 0. The number of hydrogen-bond donors (Lipinski definition) is 1. The third-order valence-electron chi connectivity index (χ3n) is 1.65. The van der Waals surface area contributed by atoms with Gasteiger partial charge in [0.25, 0.3) is 0 Å². The van der Waals surface area contributed by atoms with Crippen LogP contribution in [-0.2, 0) is 0 Å². The largest absolute Gasteiger partial charge is 0.387 e. The summed E-state index contributed by atoms with van der Waals surface area (Å²) in [4.78, 5) is 2.19. The number of likely N-dealkylation sites (N-methyl/N-ethyl adjacent to an activating group) is 2. The first-order valence-corrected chi connectivity index (χ1v) is 4.05. The Bertz CT molecular complexity index is 192. The first-order chi connectivity index (χ1) is 5.22. The van der Waals surface area contributed by atoms with Gasteiger partial charge in [0, 0.05) is 25.5 Å². The summed E-state index contributed by atoms with van der Waals surface area (Å²) in [6.07, 6.45) is 4.35. The van der Waals surface area contributed by atoms with Crippen LogP contribution in [-0.4, -0.2) is 25.0 Å². The van der Waals surface area contributed by atoms with Gasteiger partial charge >= 0.3 is 0 Å². The zero-order chi connectivity index (χ0) is 8.27. The van der Waals surface area contributed by atoms with Gasteiger partial charge in [-0.25, -0.2) is 0 Å². The molecule has 0 fully saturated rings. The lowest BCUT2D eigenvalue weighted by Crippen LogP contribution is -2.26. The average molecular weight is 152 g/mol. The molecule has 62 valence electrons. The van der Waals surface area contributed by atoms with Crippen molar-refractivity contribution in [2.24, 2.45) is 0 Å². The molecule has 1 aliphatic heterocycles. The van der Waals surface area contributed by atoms with Gasteiger partial charge in [-0.2, -0.15) is 0 Å². The second-order valence-electron chi connectivity index (χ2n) is 2.99. The number of hydrogen-bond acceptors (Lipinski definition) is 2. The Balaban J connectivity index is 2.60. The van der Waals surface area contributed by atoms with Crippen LogP contribution in [0.15, 0.2) is 23.5 Å². The molecule has 0 bridgehead atoms. The summed E-state index contributed by atoms with van der Waals surface area (Å²) in [6.45, 7) is 6.25. The molecule has 1 aliphatic rings. The van der Waals surface area contributed by atoms with E-state index < -0.39 is 0 Å². The van der Waals surface area contributed by atoms with E-state index in [0.717, 1.165) is 13.1 Å². The van der Waals surface area contributed by atoms with E-state index in [2.05, 4.69) is 43.4 Å². The van der Waals surface area contributed by atoms with Gasteiger partial charge in [-0.05, 0) is 25.5 Å². The monoisotopic (exact) mass is 152 g/mol. The van der Waals surface area contributed by atoms with Crippen LogP contribution in [0.4, 0.5) is 0 Å². The molecular formula is C9H16N2. The molecule has 11 heavy (non-hydrogen) atoms. The standard InChI is InChI=1S/C9H16N2/c1-4-10-9-5-8(2)6-11(3)7-9/h5-6,10H,4,7H2,1-3H3.